The van der Waals surface area contributed by atoms with Crippen LogP contribution < -0.4 is 10.6 Å². The summed E-state index contributed by atoms with van der Waals surface area (Å²) in [4.78, 5) is 18.4. The van der Waals surface area contributed by atoms with Crippen LogP contribution in [0.15, 0.2) is 4.99 Å². The number of nitrogens with zero attached hydrogens (tertiary/aromatic N) is 2. The Morgan fingerprint density at radius 2 is 2.13 bits per heavy atom. The van der Waals surface area contributed by atoms with Crippen LogP contribution in [0, 0.1) is 5.41 Å². The molecular formula is C16H30N4O3. The maximum atomic E-state index is 11.9. The SMILES string of the molecule is CN=C(NCC1(C)COC1)N1CCC(NC(=O)OC(C)(C)C)C1. The van der Waals surface area contributed by atoms with Gasteiger partial charge in [-0.3, -0.25) is 4.99 Å². The number of hydrogen-bond donors (Lipinski definition) is 2. The summed E-state index contributed by atoms with van der Waals surface area (Å²) in [5.41, 5.74) is -0.274. The van der Waals surface area contributed by atoms with E-state index < -0.39 is 5.60 Å². The van der Waals surface area contributed by atoms with E-state index in [0.717, 1.165) is 45.2 Å². The second-order valence-corrected chi connectivity index (χ2v) is 7.78. The third-order valence-corrected chi connectivity index (χ3v) is 3.99. The molecule has 7 heteroatoms. The lowest BCUT2D eigenvalue weighted by Gasteiger charge is -2.39. The van der Waals surface area contributed by atoms with Crippen molar-refractivity contribution in [2.24, 2.45) is 10.4 Å². The summed E-state index contributed by atoms with van der Waals surface area (Å²) in [6.45, 7) is 11.8. The van der Waals surface area contributed by atoms with Crippen LogP contribution in [0.25, 0.3) is 0 Å². The zero-order valence-corrected chi connectivity index (χ0v) is 14.9. The molecule has 0 saturated carbocycles. The normalized spacial score (nSPS) is 24.1. The molecule has 0 radical (unpaired) electrons. The molecule has 7 nitrogen and oxygen atoms in total. The van der Waals surface area contributed by atoms with Crippen LogP contribution in [0.5, 0.6) is 0 Å². The summed E-state index contributed by atoms with van der Waals surface area (Å²) < 4.78 is 10.6. The third-order valence-electron chi connectivity index (χ3n) is 3.99. The van der Waals surface area contributed by atoms with E-state index in [4.69, 9.17) is 9.47 Å². The van der Waals surface area contributed by atoms with Crippen LogP contribution in [-0.4, -0.2) is 68.5 Å². The van der Waals surface area contributed by atoms with E-state index in [9.17, 15) is 4.79 Å². The van der Waals surface area contributed by atoms with Crippen molar-refractivity contribution in [1.29, 1.82) is 0 Å². The molecule has 0 aromatic carbocycles. The van der Waals surface area contributed by atoms with Gasteiger partial charge in [0.1, 0.15) is 5.60 Å². The van der Waals surface area contributed by atoms with Gasteiger partial charge in [0, 0.05) is 32.1 Å². The van der Waals surface area contributed by atoms with Gasteiger partial charge in [0.05, 0.1) is 19.3 Å². The van der Waals surface area contributed by atoms with Crippen LogP contribution in [-0.2, 0) is 9.47 Å². The number of guanidine groups is 1. The second kappa shape index (κ2) is 6.95. The molecule has 0 aromatic heterocycles. The first-order valence-corrected chi connectivity index (χ1v) is 8.24. The fourth-order valence-electron chi connectivity index (χ4n) is 2.72. The highest BCUT2D eigenvalue weighted by atomic mass is 16.6. The minimum Gasteiger partial charge on any atom is -0.444 e. The Hall–Kier alpha value is -1.50. The van der Waals surface area contributed by atoms with Gasteiger partial charge in [-0.2, -0.15) is 0 Å². The first-order valence-electron chi connectivity index (χ1n) is 8.24. The number of ether oxygens (including phenoxy) is 2. The van der Waals surface area contributed by atoms with E-state index in [1.165, 1.54) is 0 Å². The fraction of sp³-hybridized carbons (Fsp3) is 0.875. The predicted molar refractivity (Wildman–Crippen MR) is 89.6 cm³/mol. The summed E-state index contributed by atoms with van der Waals surface area (Å²) in [7, 11) is 1.79. The Kier molecular flexibility index (Phi) is 5.39. The van der Waals surface area contributed by atoms with Gasteiger partial charge in [0.25, 0.3) is 0 Å². The molecule has 1 amide bonds. The van der Waals surface area contributed by atoms with Gasteiger partial charge >= 0.3 is 6.09 Å². The summed E-state index contributed by atoms with van der Waals surface area (Å²) >= 11 is 0. The monoisotopic (exact) mass is 326 g/mol. The molecule has 2 N–H and O–H groups in total. The average molecular weight is 326 g/mol. The number of carbonyl (C=O) groups is 1. The number of nitrogens with one attached hydrogen (secondary N) is 2. The summed E-state index contributed by atoms with van der Waals surface area (Å²) in [6.07, 6.45) is 0.534. The number of rotatable bonds is 3. The van der Waals surface area contributed by atoms with Crippen molar-refractivity contribution in [3.8, 4) is 0 Å². The van der Waals surface area contributed by atoms with Gasteiger partial charge in [0.15, 0.2) is 5.96 Å². The Morgan fingerprint density at radius 1 is 1.43 bits per heavy atom. The van der Waals surface area contributed by atoms with Crippen molar-refractivity contribution in [1.82, 2.24) is 15.5 Å². The molecule has 1 atom stereocenters. The van der Waals surface area contributed by atoms with Crippen LogP contribution in [0.4, 0.5) is 4.79 Å². The molecule has 2 saturated heterocycles. The summed E-state index contributed by atoms with van der Waals surface area (Å²) in [5, 5.41) is 6.35. The Balaban J connectivity index is 1.77. The van der Waals surface area contributed by atoms with Crippen LogP contribution in [0.3, 0.4) is 0 Å². The molecule has 0 aliphatic carbocycles. The van der Waals surface area contributed by atoms with Crippen LogP contribution in [0.2, 0.25) is 0 Å². The van der Waals surface area contributed by atoms with Gasteiger partial charge in [-0.25, -0.2) is 4.79 Å². The molecular weight excluding hydrogens is 296 g/mol. The molecule has 0 spiro atoms. The molecule has 23 heavy (non-hydrogen) atoms. The lowest BCUT2D eigenvalue weighted by Crippen LogP contribution is -2.52. The van der Waals surface area contributed by atoms with Gasteiger partial charge in [0.2, 0.25) is 0 Å². The molecule has 132 valence electrons. The maximum Gasteiger partial charge on any atom is 0.407 e. The van der Waals surface area contributed by atoms with Crippen molar-refractivity contribution in [2.75, 3.05) is 39.9 Å². The molecule has 1 unspecified atom stereocenters. The molecule has 2 heterocycles. The van der Waals surface area contributed by atoms with E-state index in [1.807, 2.05) is 20.8 Å². The summed E-state index contributed by atoms with van der Waals surface area (Å²) in [6, 6.07) is 0.0889. The van der Waals surface area contributed by atoms with E-state index in [0.29, 0.717) is 0 Å². The van der Waals surface area contributed by atoms with Gasteiger partial charge < -0.3 is 25.0 Å². The lowest BCUT2D eigenvalue weighted by atomic mass is 9.89. The molecule has 2 rings (SSSR count). The number of alkyl carbamates (subject to hydrolysis) is 1. The van der Waals surface area contributed by atoms with E-state index in [2.05, 4.69) is 27.4 Å². The number of carbonyl (C=O) groups excluding carboxylic acids is 1. The van der Waals surface area contributed by atoms with E-state index in [-0.39, 0.29) is 17.6 Å². The minimum absolute atomic E-state index is 0.0889. The topological polar surface area (TPSA) is 75.2 Å². The van der Waals surface area contributed by atoms with Gasteiger partial charge in [-0.1, -0.05) is 6.92 Å². The third kappa shape index (κ3) is 5.27. The Morgan fingerprint density at radius 3 is 2.65 bits per heavy atom. The van der Waals surface area contributed by atoms with Crippen molar-refractivity contribution in [2.45, 2.75) is 45.8 Å². The molecule has 0 aromatic rings. The highest BCUT2D eigenvalue weighted by molar-refractivity contribution is 5.80. The van der Waals surface area contributed by atoms with Crippen LogP contribution in [0.1, 0.15) is 34.1 Å². The fourth-order valence-corrected chi connectivity index (χ4v) is 2.72. The number of likely N-dealkylation sites (tertiary alicyclic amines) is 1. The Bertz CT molecular complexity index is 455. The van der Waals surface area contributed by atoms with Crippen LogP contribution >= 0.6 is 0 Å². The number of hydrogen-bond acceptors (Lipinski definition) is 4. The van der Waals surface area contributed by atoms with E-state index in [1.54, 1.807) is 7.05 Å². The smallest absolute Gasteiger partial charge is 0.407 e. The number of aliphatic imine (C=N–C) groups is 1. The molecule has 2 aliphatic heterocycles. The van der Waals surface area contributed by atoms with Crippen molar-refractivity contribution >= 4 is 12.1 Å². The standard InChI is InChI=1S/C16H30N4O3/c1-15(2,3)23-14(21)19-12-6-7-20(8-12)13(17-5)18-9-16(4)10-22-11-16/h12H,6-11H2,1-5H3,(H,17,18)(H,19,21). The average Bonchev–Trinajstić information content (AvgIpc) is 2.83. The molecule has 0 bridgehead atoms. The van der Waals surface area contributed by atoms with E-state index >= 15 is 0 Å². The Labute approximate surface area is 138 Å². The van der Waals surface area contributed by atoms with Crippen molar-refractivity contribution in [3.05, 3.63) is 0 Å². The highest BCUT2D eigenvalue weighted by Crippen LogP contribution is 2.25. The highest BCUT2D eigenvalue weighted by Gasteiger charge is 2.34. The summed E-state index contributed by atoms with van der Waals surface area (Å²) in [5.74, 6) is 0.881. The lowest BCUT2D eigenvalue weighted by molar-refractivity contribution is -0.0972. The quantitative estimate of drug-likeness (QED) is 0.602. The molecule has 2 aliphatic rings. The second-order valence-electron chi connectivity index (χ2n) is 7.78. The van der Waals surface area contributed by atoms with Crippen molar-refractivity contribution in [3.63, 3.8) is 0 Å². The minimum atomic E-state index is -0.472. The molecule has 2 fully saturated rings. The zero-order valence-electron chi connectivity index (χ0n) is 14.9. The maximum absolute atomic E-state index is 11.9. The first-order chi connectivity index (χ1) is 10.7. The number of amides is 1. The van der Waals surface area contributed by atoms with Gasteiger partial charge in [-0.15, -0.1) is 0 Å². The van der Waals surface area contributed by atoms with Gasteiger partial charge in [-0.05, 0) is 27.2 Å². The zero-order chi connectivity index (χ0) is 17.1. The predicted octanol–water partition coefficient (Wildman–Crippen LogP) is 1.20. The van der Waals surface area contributed by atoms with Crippen molar-refractivity contribution < 1.29 is 14.3 Å². The first kappa shape index (κ1) is 17.8. The largest absolute Gasteiger partial charge is 0.444 e.